The van der Waals surface area contributed by atoms with Crippen molar-refractivity contribution in [1.29, 1.82) is 0 Å². The van der Waals surface area contributed by atoms with Crippen molar-refractivity contribution in [3.05, 3.63) is 12.2 Å². The average Bonchev–Trinajstić information content (AvgIpc) is 2.55. The van der Waals surface area contributed by atoms with Crippen molar-refractivity contribution >= 4 is 11.9 Å². The molecular formula is C13H16O3. The summed E-state index contributed by atoms with van der Waals surface area (Å²) in [4.78, 5) is 24.1. The minimum Gasteiger partial charge on any atom is -0.392 e. The molecule has 0 spiro atoms. The number of rotatable bonds is 0. The SMILES string of the molecule is CC1(C)C[C@@]23CC=CC[C@@]2(C1)C(=O)OC3=O. The zero-order valence-electron chi connectivity index (χ0n) is 9.71. The second kappa shape index (κ2) is 2.58. The highest BCUT2D eigenvalue weighted by molar-refractivity contribution is 6.03. The predicted octanol–water partition coefficient (Wildman–Crippen LogP) is 2.21. The van der Waals surface area contributed by atoms with E-state index >= 15 is 0 Å². The first kappa shape index (κ1) is 10.1. The third-order valence-electron chi connectivity index (χ3n) is 4.54. The Morgan fingerprint density at radius 1 is 1.00 bits per heavy atom. The first-order valence-electron chi connectivity index (χ1n) is 5.84. The Morgan fingerprint density at radius 3 is 1.88 bits per heavy atom. The fraction of sp³-hybridized carbons (Fsp3) is 0.692. The molecule has 3 nitrogen and oxygen atoms in total. The van der Waals surface area contributed by atoms with Gasteiger partial charge in [0.05, 0.1) is 10.8 Å². The third-order valence-corrected chi connectivity index (χ3v) is 4.54. The number of hydrogen-bond acceptors (Lipinski definition) is 3. The van der Waals surface area contributed by atoms with Crippen LogP contribution in [0, 0.1) is 16.2 Å². The van der Waals surface area contributed by atoms with Gasteiger partial charge in [0.2, 0.25) is 0 Å². The lowest BCUT2D eigenvalue weighted by molar-refractivity contribution is -0.157. The van der Waals surface area contributed by atoms with E-state index in [0.29, 0.717) is 12.8 Å². The first-order chi connectivity index (χ1) is 7.42. The van der Waals surface area contributed by atoms with E-state index in [4.69, 9.17) is 4.74 Å². The molecule has 3 aliphatic rings. The third kappa shape index (κ3) is 0.902. The number of carbonyl (C=O) groups excluding carboxylic acids is 2. The van der Waals surface area contributed by atoms with Gasteiger partial charge in [-0.2, -0.15) is 0 Å². The van der Waals surface area contributed by atoms with Crippen LogP contribution in [0.4, 0.5) is 0 Å². The largest absolute Gasteiger partial charge is 0.392 e. The van der Waals surface area contributed by atoms with Crippen molar-refractivity contribution in [1.82, 2.24) is 0 Å². The molecule has 1 saturated carbocycles. The van der Waals surface area contributed by atoms with Gasteiger partial charge in [-0.05, 0) is 31.1 Å². The summed E-state index contributed by atoms with van der Waals surface area (Å²) < 4.78 is 4.93. The van der Waals surface area contributed by atoms with E-state index in [1.807, 2.05) is 12.2 Å². The lowest BCUT2D eigenvalue weighted by Gasteiger charge is -2.35. The minimum absolute atomic E-state index is 0.0567. The van der Waals surface area contributed by atoms with Gasteiger partial charge in [0.1, 0.15) is 0 Å². The number of allylic oxidation sites excluding steroid dienone is 2. The van der Waals surface area contributed by atoms with Crippen molar-refractivity contribution in [2.45, 2.75) is 39.5 Å². The van der Waals surface area contributed by atoms with Gasteiger partial charge in [0.25, 0.3) is 0 Å². The summed E-state index contributed by atoms with van der Waals surface area (Å²) in [6.45, 7) is 4.28. The van der Waals surface area contributed by atoms with Crippen LogP contribution in [-0.2, 0) is 14.3 Å². The maximum Gasteiger partial charge on any atom is 0.321 e. The molecule has 1 saturated heterocycles. The quantitative estimate of drug-likeness (QED) is 0.357. The van der Waals surface area contributed by atoms with Crippen molar-refractivity contribution < 1.29 is 14.3 Å². The molecule has 86 valence electrons. The Labute approximate surface area is 94.8 Å². The summed E-state index contributed by atoms with van der Waals surface area (Å²) in [5.41, 5.74) is -1.05. The van der Waals surface area contributed by atoms with E-state index in [0.717, 1.165) is 12.8 Å². The molecule has 0 amide bonds. The van der Waals surface area contributed by atoms with Gasteiger partial charge in [0.15, 0.2) is 0 Å². The zero-order chi connectivity index (χ0) is 11.6. The highest BCUT2D eigenvalue weighted by Crippen LogP contribution is 2.68. The van der Waals surface area contributed by atoms with E-state index in [-0.39, 0.29) is 17.4 Å². The molecule has 0 aromatic heterocycles. The average molecular weight is 220 g/mol. The summed E-state index contributed by atoms with van der Waals surface area (Å²) in [5.74, 6) is -0.570. The van der Waals surface area contributed by atoms with Crippen molar-refractivity contribution in [3.8, 4) is 0 Å². The molecule has 1 aliphatic heterocycles. The Balaban J connectivity index is 2.20. The summed E-state index contributed by atoms with van der Waals surface area (Å²) >= 11 is 0. The summed E-state index contributed by atoms with van der Waals surface area (Å²) in [6.07, 6.45) is 6.94. The second-order valence-corrected chi connectivity index (χ2v) is 6.24. The standard InChI is InChI=1S/C13H16O3/c1-11(2)7-12-5-3-4-6-13(12,8-11)10(15)16-9(12)14/h3-4H,5-8H2,1-2H3/t12-,13-/m1/s1. The fourth-order valence-electron chi connectivity index (χ4n) is 4.12. The normalized spacial score (nSPS) is 44.1. The van der Waals surface area contributed by atoms with Crippen LogP contribution in [0.2, 0.25) is 0 Å². The van der Waals surface area contributed by atoms with Gasteiger partial charge in [-0.3, -0.25) is 9.59 Å². The summed E-state index contributed by atoms with van der Waals surface area (Å²) in [5, 5.41) is 0. The van der Waals surface area contributed by atoms with Gasteiger partial charge in [-0.1, -0.05) is 26.0 Å². The van der Waals surface area contributed by atoms with Gasteiger partial charge in [-0.15, -0.1) is 0 Å². The van der Waals surface area contributed by atoms with Crippen molar-refractivity contribution in [2.24, 2.45) is 16.2 Å². The number of esters is 2. The predicted molar refractivity (Wildman–Crippen MR) is 57.4 cm³/mol. The van der Waals surface area contributed by atoms with E-state index in [1.54, 1.807) is 0 Å². The molecule has 2 fully saturated rings. The smallest absolute Gasteiger partial charge is 0.321 e. The summed E-state index contributed by atoms with van der Waals surface area (Å²) in [7, 11) is 0. The molecule has 0 aromatic rings. The van der Waals surface area contributed by atoms with Crippen molar-refractivity contribution in [2.75, 3.05) is 0 Å². The Hall–Kier alpha value is -1.12. The molecule has 0 unspecified atom stereocenters. The van der Waals surface area contributed by atoms with Gasteiger partial charge in [0, 0.05) is 0 Å². The minimum atomic E-state index is -0.553. The molecule has 3 rings (SSSR count). The van der Waals surface area contributed by atoms with Gasteiger partial charge < -0.3 is 4.74 Å². The zero-order valence-corrected chi connectivity index (χ0v) is 9.71. The van der Waals surface area contributed by atoms with E-state index in [1.165, 1.54) is 0 Å². The highest BCUT2D eigenvalue weighted by Gasteiger charge is 2.73. The topological polar surface area (TPSA) is 43.4 Å². The van der Waals surface area contributed by atoms with E-state index < -0.39 is 10.8 Å². The molecule has 16 heavy (non-hydrogen) atoms. The summed E-state index contributed by atoms with van der Waals surface area (Å²) in [6, 6.07) is 0. The molecule has 1 heterocycles. The maximum absolute atomic E-state index is 12.0. The van der Waals surface area contributed by atoms with Crippen LogP contribution in [0.1, 0.15) is 39.5 Å². The maximum atomic E-state index is 12.0. The molecule has 3 heteroatoms. The van der Waals surface area contributed by atoms with Crippen LogP contribution in [0.5, 0.6) is 0 Å². The van der Waals surface area contributed by atoms with Crippen LogP contribution >= 0.6 is 0 Å². The van der Waals surface area contributed by atoms with Crippen LogP contribution in [0.3, 0.4) is 0 Å². The Bertz CT molecular complexity index is 385. The lowest BCUT2D eigenvalue weighted by atomic mass is 9.61. The second-order valence-electron chi connectivity index (χ2n) is 6.24. The molecule has 2 aliphatic carbocycles. The van der Waals surface area contributed by atoms with Crippen LogP contribution in [-0.4, -0.2) is 11.9 Å². The van der Waals surface area contributed by atoms with Crippen molar-refractivity contribution in [3.63, 3.8) is 0 Å². The van der Waals surface area contributed by atoms with Crippen LogP contribution in [0.25, 0.3) is 0 Å². The number of ether oxygens (including phenoxy) is 1. The molecule has 0 N–H and O–H groups in total. The fourth-order valence-corrected chi connectivity index (χ4v) is 4.12. The molecule has 0 bridgehead atoms. The van der Waals surface area contributed by atoms with Gasteiger partial charge in [-0.25, -0.2) is 0 Å². The van der Waals surface area contributed by atoms with E-state index in [2.05, 4.69) is 13.8 Å². The first-order valence-corrected chi connectivity index (χ1v) is 5.84. The lowest BCUT2D eigenvalue weighted by Crippen LogP contribution is -2.41. The van der Waals surface area contributed by atoms with E-state index in [9.17, 15) is 9.59 Å². The molecular weight excluding hydrogens is 204 g/mol. The number of cyclic esters (lactones) is 2. The Kier molecular flexibility index (Phi) is 1.62. The highest BCUT2D eigenvalue weighted by atomic mass is 16.6. The molecule has 2 atom stereocenters. The van der Waals surface area contributed by atoms with Gasteiger partial charge >= 0.3 is 11.9 Å². The van der Waals surface area contributed by atoms with Crippen LogP contribution in [0.15, 0.2) is 12.2 Å². The molecule has 0 radical (unpaired) electrons. The number of carbonyl (C=O) groups is 2. The Morgan fingerprint density at radius 2 is 1.44 bits per heavy atom. The number of hydrogen-bond donors (Lipinski definition) is 0. The van der Waals surface area contributed by atoms with Crippen LogP contribution < -0.4 is 0 Å². The monoisotopic (exact) mass is 220 g/mol. The molecule has 0 aromatic carbocycles.